The zero-order valence-electron chi connectivity index (χ0n) is 25.8. The highest BCUT2D eigenvalue weighted by Gasteiger charge is 2.33. The van der Waals surface area contributed by atoms with Crippen LogP contribution in [0.2, 0.25) is 0 Å². The fraction of sp³-hybridized carbons (Fsp3) is 0.645. The van der Waals surface area contributed by atoms with E-state index in [2.05, 4.69) is 25.8 Å². The summed E-state index contributed by atoms with van der Waals surface area (Å²) in [7, 11) is 0. The summed E-state index contributed by atoms with van der Waals surface area (Å²) in [5.41, 5.74) is -2.06. The van der Waals surface area contributed by atoms with Crippen molar-refractivity contribution in [3.8, 4) is 5.75 Å². The van der Waals surface area contributed by atoms with Crippen LogP contribution in [0.15, 0.2) is 29.4 Å². The Labute approximate surface area is 254 Å². The Bertz CT molecular complexity index is 1360. The van der Waals surface area contributed by atoms with Gasteiger partial charge in [0.2, 0.25) is 0 Å². The standard InChI is InChI=1S/C31H42F3N3O5S/c1-29(2,3)25-18-37(17-22-10-8-14-40-22)27(43-25)35-26(38)23-15-21(31(32,33)34)11-12-24(23)41-19-20-9-7-13-36(16-20)28(39)42-30(4,5)6/h11-12,15,18,20,22H,7-10,13-14,16-17,19H2,1-6H3/b35-27-/t20-,22-/m1/s1. The Kier molecular flexibility index (Phi) is 10.0. The normalized spacial score (nSPS) is 20.4. The highest BCUT2D eigenvalue weighted by Crippen LogP contribution is 2.34. The molecule has 0 saturated carbocycles. The molecule has 2 saturated heterocycles. The maximum absolute atomic E-state index is 13.7. The van der Waals surface area contributed by atoms with E-state index >= 15 is 0 Å². The summed E-state index contributed by atoms with van der Waals surface area (Å²) in [6, 6.07) is 2.88. The van der Waals surface area contributed by atoms with Crippen LogP contribution in [0.25, 0.3) is 0 Å². The maximum atomic E-state index is 13.7. The second kappa shape index (κ2) is 13.0. The number of aromatic nitrogens is 1. The molecule has 2 atom stereocenters. The first kappa shape index (κ1) is 33.0. The number of likely N-dealkylation sites (tertiary alicyclic amines) is 1. The smallest absolute Gasteiger partial charge is 0.416 e. The SMILES string of the molecule is CC(C)(C)OC(=O)N1CCC[C@@H](COc2ccc(C(F)(F)F)cc2C(=O)/N=c2\sc(C(C)(C)C)cn2C[C@H]2CCCO2)C1. The molecule has 0 bridgehead atoms. The quantitative estimate of drug-likeness (QED) is 0.352. The lowest BCUT2D eigenvalue weighted by Gasteiger charge is -2.34. The van der Waals surface area contributed by atoms with Crippen molar-refractivity contribution in [2.45, 2.75) is 97.1 Å². The maximum Gasteiger partial charge on any atom is 0.416 e. The number of thiazole rings is 1. The van der Waals surface area contributed by atoms with Crippen LogP contribution < -0.4 is 9.54 Å². The first-order chi connectivity index (χ1) is 20.0. The third kappa shape index (κ3) is 9.07. The Morgan fingerprint density at radius 3 is 2.47 bits per heavy atom. The number of alkyl halides is 3. The summed E-state index contributed by atoms with van der Waals surface area (Å²) in [5, 5.41) is 0. The summed E-state index contributed by atoms with van der Waals surface area (Å²) in [4.78, 5) is 33.5. The molecule has 238 valence electrons. The fourth-order valence-corrected chi connectivity index (χ4v) is 6.06. The number of halogens is 3. The number of piperidine rings is 1. The third-order valence-electron chi connectivity index (χ3n) is 7.26. The van der Waals surface area contributed by atoms with Gasteiger partial charge in [0, 0.05) is 36.7 Å². The number of hydrogen-bond acceptors (Lipinski definition) is 6. The summed E-state index contributed by atoms with van der Waals surface area (Å²) in [5.74, 6) is -0.874. The number of carbonyl (C=O) groups is 2. The first-order valence-corrected chi connectivity index (χ1v) is 15.5. The van der Waals surface area contributed by atoms with Gasteiger partial charge in [-0.15, -0.1) is 11.3 Å². The summed E-state index contributed by atoms with van der Waals surface area (Å²) in [6.07, 6.45) is 0.215. The molecule has 0 radical (unpaired) electrons. The van der Waals surface area contributed by atoms with E-state index < -0.39 is 29.3 Å². The van der Waals surface area contributed by atoms with E-state index in [9.17, 15) is 22.8 Å². The molecule has 1 aromatic carbocycles. The number of nitrogens with zero attached hydrogens (tertiary/aromatic N) is 3. The van der Waals surface area contributed by atoms with E-state index in [1.807, 2.05) is 10.8 Å². The van der Waals surface area contributed by atoms with Gasteiger partial charge in [-0.3, -0.25) is 4.79 Å². The van der Waals surface area contributed by atoms with Crippen molar-refractivity contribution in [3.63, 3.8) is 0 Å². The average molecular weight is 626 g/mol. The number of ether oxygens (including phenoxy) is 3. The molecule has 2 amide bonds. The van der Waals surface area contributed by atoms with Crippen molar-refractivity contribution in [1.29, 1.82) is 0 Å². The van der Waals surface area contributed by atoms with Crippen LogP contribution in [0.5, 0.6) is 5.75 Å². The number of hydrogen-bond donors (Lipinski definition) is 0. The molecule has 0 spiro atoms. The second-order valence-electron chi connectivity index (χ2n) is 13.3. The summed E-state index contributed by atoms with van der Waals surface area (Å²) < 4.78 is 60.2. The van der Waals surface area contributed by atoms with Crippen LogP contribution in [0.1, 0.15) is 88.0 Å². The van der Waals surface area contributed by atoms with Gasteiger partial charge in [0.15, 0.2) is 4.80 Å². The number of benzene rings is 1. The van der Waals surface area contributed by atoms with Gasteiger partial charge < -0.3 is 23.7 Å². The molecular weight excluding hydrogens is 583 g/mol. The van der Waals surface area contributed by atoms with Crippen molar-refractivity contribution in [1.82, 2.24) is 9.47 Å². The Hall–Kier alpha value is -2.86. The largest absolute Gasteiger partial charge is 0.492 e. The van der Waals surface area contributed by atoms with Gasteiger partial charge in [-0.05, 0) is 70.1 Å². The predicted octanol–water partition coefficient (Wildman–Crippen LogP) is 6.81. The lowest BCUT2D eigenvalue weighted by Crippen LogP contribution is -2.44. The van der Waals surface area contributed by atoms with Crippen molar-refractivity contribution in [3.05, 3.63) is 45.2 Å². The van der Waals surface area contributed by atoms with E-state index in [0.717, 1.165) is 42.7 Å². The molecule has 8 nitrogen and oxygen atoms in total. The van der Waals surface area contributed by atoms with Crippen LogP contribution >= 0.6 is 11.3 Å². The van der Waals surface area contributed by atoms with Gasteiger partial charge in [-0.2, -0.15) is 18.2 Å². The van der Waals surface area contributed by atoms with Crippen LogP contribution in [0.3, 0.4) is 0 Å². The minimum Gasteiger partial charge on any atom is -0.492 e. The molecule has 1 aromatic heterocycles. The Morgan fingerprint density at radius 2 is 1.84 bits per heavy atom. The monoisotopic (exact) mass is 625 g/mol. The molecule has 0 aliphatic carbocycles. The van der Waals surface area contributed by atoms with Gasteiger partial charge in [-0.25, -0.2) is 4.79 Å². The number of rotatable bonds is 6. The molecule has 0 unspecified atom stereocenters. The highest BCUT2D eigenvalue weighted by atomic mass is 32.1. The predicted molar refractivity (Wildman–Crippen MR) is 157 cm³/mol. The molecule has 2 aromatic rings. The van der Waals surface area contributed by atoms with E-state index in [1.54, 1.807) is 25.7 Å². The lowest BCUT2D eigenvalue weighted by molar-refractivity contribution is -0.137. The molecule has 3 heterocycles. The van der Waals surface area contributed by atoms with Gasteiger partial charge >= 0.3 is 12.3 Å². The Balaban J connectivity index is 1.60. The highest BCUT2D eigenvalue weighted by molar-refractivity contribution is 7.09. The molecule has 4 rings (SSSR count). The third-order valence-corrected chi connectivity index (χ3v) is 8.71. The molecule has 43 heavy (non-hydrogen) atoms. The number of carbonyl (C=O) groups excluding carboxylic acids is 2. The van der Waals surface area contributed by atoms with E-state index in [-0.39, 0.29) is 35.4 Å². The van der Waals surface area contributed by atoms with Gasteiger partial charge in [0.1, 0.15) is 11.4 Å². The zero-order valence-corrected chi connectivity index (χ0v) is 26.6. The molecule has 2 fully saturated rings. The number of amides is 2. The Morgan fingerprint density at radius 1 is 1.09 bits per heavy atom. The topological polar surface area (TPSA) is 82.4 Å². The summed E-state index contributed by atoms with van der Waals surface area (Å²) in [6.45, 7) is 13.8. The minimum absolute atomic E-state index is 0.0142. The van der Waals surface area contributed by atoms with Crippen LogP contribution in [0, 0.1) is 5.92 Å². The van der Waals surface area contributed by atoms with Crippen LogP contribution in [-0.4, -0.2) is 59.5 Å². The first-order valence-electron chi connectivity index (χ1n) is 14.7. The van der Waals surface area contributed by atoms with Crippen molar-refractivity contribution >= 4 is 23.3 Å². The molecule has 2 aliphatic rings. The molecule has 2 aliphatic heterocycles. The molecule has 12 heteroatoms. The fourth-order valence-electron chi connectivity index (χ4n) is 5.00. The average Bonchev–Trinajstić information content (AvgIpc) is 3.56. The van der Waals surface area contributed by atoms with E-state index in [4.69, 9.17) is 14.2 Å². The van der Waals surface area contributed by atoms with E-state index in [1.165, 1.54) is 17.4 Å². The van der Waals surface area contributed by atoms with Crippen LogP contribution in [0.4, 0.5) is 18.0 Å². The van der Waals surface area contributed by atoms with Gasteiger partial charge in [-0.1, -0.05) is 20.8 Å². The molecule has 0 N–H and O–H groups in total. The minimum atomic E-state index is -4.65. The van der Waals surface area contributed by atoms with Crippen molar-refractivity contribution in [2.75, 3.05) is 26.3 Å². The van der Waals surface area contributed by atoms with E-state index in [0.29, 0.717) is 31.0 Å². The summed E-state index contributed by atoms with van der Waals surface area (Å²) >= 11 is 1.34. The van der Waals surface area contributed by atoms with Gasteiger partial charge in [0.05, 0.1) is 30.4 Å². The molecular formula is C31H42F3N3O5S. The van der Waals surface area contributed by atoms with Crippen molar-refractivity contribution < 1.29 is 37.0 Å². The van der Waals surface area contributed by atoms with Crippen molar-refractivity contribution in [2.24, 2.45) is 10.9 Å². The second-order valence-corrected chi connectivity index (χ2v) is 14.3. The van der Waals surface area contributed by atoms with Crippen LogP contribution in [-0.2, 0) is 27.6 Å². The van der Waals surface area contributed by atoms with Gasteiger partial charge in [0.25, 0.3) is 5.91 Å². The lowest BCUT2D eigenvalue weighted by atomic mass is 9.95. The zero-order chi connectivity index (χ0) is 31.6.